The van der Waals surface area contributed by atoms with Crippen LogP contribution in [0.15, 0.2) is 133 Å². The maximum Gasteiger partial charge on any atom is 0.0541 e. The predicted molar refractivity (Wildman–Crippen MR) is 214 cm³/mol. The Morgan fingerprint density at radius 3 is 0.820 bits per heavy atom. The lowest BCUT2D eigenvalue weighted by Crippen LogP contribution is -2.01. The second-order valence-corrected chi connectivity index (χ2v) is 14.1. The van der Waals surface area contributed by atoms with E-state index in [0.29, 0.717) is 0 Å². The highest BCUT2D eigenvalue weighted by molar-refractivity contribution is 6.10. The van der Waals surface area contributed by atoms with Crippen molar-refractivity contribution in [3.63, 3.8) is 0 Å². The average Bonchev–Trinajstić information content (AvgIpc) is 3.64. The average molecular weight is 645 g/mol. The molecule has 2 heteroatoms. The molecule has 0 aliphatic rings. The molecule has 0 fully saturated rings. The van der Waals surface area contributed by atoms with E-state index in [0.717, 1.165) is 0 Å². The number of fused-ring (bicyclic) bond motifs is 6. The van der Waals surface area contributed by atoms with E-state index in [4.69, 9.17) is 0 Å². The lowest BCUT2D eigenvalue weighted by molar-refractivity contribution is 1.14. The Hall–Kier alpha value is -5.86. The molecule has 0 saturated carbocycles. The van der Waals surface area contributed by atoms with E-state index in [9.17, 15) is 0 Å². The number of aromatic nitrogens is 2. The molecule has 0 aliphatic carbocycles. The monoisotopic (exact) mass is 644 g/mol. The first kappa shape index (κ1) is 30.2. The largest absolute Gasteiger partial charge is 0.309 e. The van der Waals surface area contributed by atoms with Gasteiger partial charge in [-0.15, -0.1) is 0 Å². The second-order valence-electron chi connectivity index (χ2n) is 14.1. The molecule has 0 radical (unpaired) electrons. The third-order valence-corrected chi connectivity index (χ3v) is 10.9. The third-order valence-electron chi connectivity index (χ3n) is 10.9. The van der Waals surface area contributed by atoms with Crippen LogP contribution in [0.2, 0.25) is 0 Å². The molecule has 9 rings (SSSR count). The van der Waals surface area contributed by atoms with Gasteiger partial charge in [-0.25, -0.2) is 0 Å². The molecule has 0 unspecified atom stereocenters. The van der Waals surface area contributed by atoms with Gasteiger partial charge in [-0.1, -0.05) is 84.9 Å². The highest BCUT2D eigenvalue weighted by Gasteiger charge is 2.19. The van der Waals surface area contributed by atoms with Crippen LogP contribution >= 0.6 is 0 Å². The molecule has 0 N–H and O–H groups in total. The topological polar surface area (TPSA) is 9.86 Å². The fourth-order valence-corrected chi connectivity index (χ4v) is 8.42. The Balaban J connectivity index is 1.14. The molecule has 2 heterocycles. The van der Waals surface area contributed by atoms with Gasteiger partial charge in [-0.05, 0) is 146 Å². The van der Waals surface area contributed by atoms with E-state index in [1.165, 1.54) is 111 Å². The van der Waals surface area contributed by atoms with Crippen LogP contribution in [-0.4, -0.2) is 9.13 Å². The van der Waals surface area contributed by atoms with Crippen LogP contribution in [0.5, 0.6) is 0 Å². The zero-order chi connectivity index (χ0) is 34.3. The number of hydrogen-bond acceptors (Lipinski definition) is 0. The van der Waals surface area contributed by atoms with E-state index in [-0.39, 0.29) is 0 Å². The van der Waals surface area contributed by atoms with Crippen molar-refractivity contribution in [3.8, 4) is 33.6 Å². The van der Waals surface area contributed by atoms with Gasteiger partial charge in [-0.3, -0.25) is 0 Å². The van der Waals surface area contributed by atoms with Gasteiger partial charge >= 0.3 is 0 Å². The molecule has 0 aliphatic heterocycles. The Kier molecular flexibility index (Phi) is 6.86. The molecular weight excluding hydrogens is 605 g/mol. The molecule has 0 amide bonds. The van der Waals surface area contributed by atoms with Crippen LogP contribution in [0.25, 0.3) is 77.2 Å². The van der Waals surface area contributed by atoms with Gasteiger partial charge in [0.2, 0.25) is 0 Å². The van der Waals surface area contributed by atoms with Crippen LogP contribution in [-0.2, 0) is 0 Å². The van der Waals surface area contributed by atoms with Crippen molar-refractivity contribution in [2.45, 2.75) is 41.5 Å². The SMILES string of the molecule is Cc1cc(-c2cc(C)c(-n3c4ccccc4c4ccccc43)cc2C)c(C)cc1-c1cc(C)c(-n2c3ccccc3c3ccccc32)cc1C. The van der Waals surface area contributed by atoms with E-state index in [2.05, 4.69) is 184 Å². The molecular formula is C48H40N2. The van der Waals surface area contributed by atoms with Crippen LogP contribution in [0.3, 0.4) is 0 Å². The lowest BCUT2D eigenvalue weighted by atomic mass is 9.87. The summed E-state index contributed by atoms with van der Waals surface area (Å²) in [6.45, 7) is 13.6. The number of para-hydroxylation sites is 4. The quantitative estimate of drug-likeness (QED) is 0.180. The summed E-state index contributed by atoms with van der Waals surface area (Å²) in [6, 6.07) is 49.4. The van der Waals surface area contributed by atoms with Gasteiger partial charge in [-0.2, -0.15) is 0 Å². The zero-order valence-electron chi connectivity index (χ0n) is 29.6. The van der Waals surface area contributed by atoms with Crippen LogP contribution in [0, 0.1) is 41.5 Å². The fraction of sp³-hybridized carbons (Fsp3) is 0.125. The maximum atomic E-state index is 2.44. The summed E-state index contributed by atoms with van der Waals surface area (Å²) >= 11 is 0. The smallest absolute Gasteiger partial charge is 0.0541 e. The van der Waals surface area contributed by atoms with Crippen molar-refractivity contribution in [3.05, 3.63) is 167 Å². The maximum absolute atomic E-state index is 2.44. The molecule has 50 heavy (non-hydrogen) atoms. The minimum Gasteiger partial charge on any atom is -0.309 e. The summed E-state index contributed by atoms with van der Waals surface area (Å²) in [4.78, 5) is 0. The molecule has 9 aromatic rings. The number of hydrogen-bond donors (Lipinski definition) is 0. The van der Waals surface area contributed by atoms with Gasteiger partial charge in [0, 0.05) is 32.9 Å². The Labute approximate surface area is 293 Å². The Morgan fingerprint density at radius 2 is 0.520 bits per heavy atom. The summed E-state index contributed by atoms with van der Waals surface area (Å²) < 4.78 is 4.87. The first-order chi connectivity index (χ1) is 24.3. The number of aryl methyl sites for hydroxylation is 6. The van der Waals surface area contributed by atoms with Crippen LogP contribution in [0.1, 0.15) is 33.4 Å². The Bertz CT molecular complexity index is 2520. The highest BCUT2D eigenvalue weighted by Crippen LogP contribution is 2.40. The van der Waals surface area contributed by atoms with Gasteiger partial charge in [0.05, 0.1) is 22.1 Å². The molecule has 0 saturated heterocycles. The zero-order valence-corrected chi connectivity index (χ0v) is 29.6. The summed E-state index contributed by atoms with van der Waals surface area (Å²) in [7, 11) is 0. The molecule has 0 atom stereocenters. The van der Waals surface area contributed by atoms with Crippen LogP contribution in [0.4, 0.5) is 0 Å². The van der Waals surface area contributed by atoms with Crippen molar-refractivity contribution in [2.24, 2.45) is 0 Å². The minimum absolute atomic E-state index is 1.24. The molecule has 0 spiro atoms. The summed E-state index contributed by atoms with van der Waals surface area (Å²) in [6.07, 6.45) is 0. The first-order valence-electron chi connectivity index (χ1n) is 17.6. The number of nitrogens with zero attached hydrogens (tertiary/aromatic N) is 2. The van der Waals surface area contributed by atoms with Crippen molar-refractivity contribution < 1.29 is 0 Å². The van der Waals surface area contributed by atoms with E-state index in [1.807, 2.05) is 0 Å². The molecule has 2 nitrogen and oxygen atoms in total. The summed E-state index contributed by atoms with van der Waals surface area (Å²) in [5.74, 6) is 0. The van der Waals surface area contributed by atoms with Gasteiger partial charge < -0.3 is 9.13 Å². The van der Waals surface area contributed by atoms with Crippen molar-refractivity contribution in [2.75, 3.05) is 0 Å². The highest BCUT2D eigenvalue weighted by atomic mass is 15.0. The molecule has 0 bridgehead atoms. The number of rotatable bonds is 4. The minimum atomic E-state index is 1.24. The second kappa shape index (κ2) is 11.4. The Morgan fingerprint density at radius 1 is 0.280 bits per heavy atom. The van der Waals surface area contributed by atoms with Crippen LogP contribution < -0.4 is 0 Å². The van der Waals surface area contributed by atoms with Gasteiger partial charge in [0.1, 0.15) is 0 Å². The predicted octanol–water partition coefficient (Wildman–Crippen LogP) is 13.1. The normalized spacial score (nSPS) is 11.8. The van der Waals surface area contributed by atoms with Crippen molar-refractivity contribution in [1.82, 2.24) is 9.13 Å². The van der Waals surface area contributed by atoms with E-state index < -0.39 is 0 Å². The van der Waals surface area contributed by atoms with Crippen molar-refractivity contribution in [1.29, 1.82) is 0 Å². The molecule has 2 aromatic heterocycles. The lowest BCUT2D eigenvalue weighted by Gasteiger charge is -2.20. The third kappa shape index (κ3) is 4.48. The molecule has 7 aromatic carbocycles. The first-order valence-corrected chi connectivity index (χ1v) is 17.6. The van der Waals surface area contributed by atoms with E-state index in [1.54, 1.807) is 0 Å². The summed E-state index contributed by atoms with van der Waals surface area (Å²) in [5, 5.41) is 5.17. The number of benzene rings is 7. The van der Waals surface area contributed by atoms with Gasteiger partial charge in [0.25, 0.3) is 0 Å². The standard InChI is InChI=1S/C48H40N2/c1-29-23-40(42-26-34(6)48(28-32(42)4)50-45-21-13-9-17-37(45)38-18-10-14-22-46(38)50)30(2)24-39(29)41-25-33(5)47(27-31(41)3)49-43-19-11-7-15-35(43)36-16-8-12-20-44(36)49/h7-28H,1-6H3. The fourth-order valence-electron chi connectivity index (χ4n) is 8.42. The van der Waals surface area contributed by atoms with Gasteiger partial charge in [0.15, 0.2) is 0 Å². The molecule has 242 valence electrons. The summed E-state index contributed by atoms with van der Waals surface area (Å²) in [5.41, 5.74) is 20.4. The van der Waals surface area contributed by atoms with E-state index >= 15 is 0 Å². The van der Waals surface area contributed by atoms with Crippen molar-refractivity contribution >= 4 is 43.6 Å².